The average Bonchev–Trinajstić information content (AvgIpc) is 3.24. The van der Waals surface area contributed by atoms with Gasteiger partial charge in [0.25, 0.3) is 0 Å². The largest absolute Gasteiger partial charge is 0.508 e. The molecule has 7 rings (SSSR count). The second-order valence-electron chi connectivity index (χ2n) is 19.9. The van der Waals surface area contributed by atoms with Crippen LogP contribution in [0.3, 0.4) is 0 Å². The highest BCUT2D eigenvalue weighted by Gasteiger charge is 2.50. The summed E-state index contributed by atoms with van der Waals surface area (Å²) in [6.45, 7) is 22.7. The Kier molecular flexibility index (Phi) is 11.8. The third kappa shape index (κ3) is 7.30. The van der Waals surface area contributed by atoms with Crippen LogP contribution in [0.15, 0.2) is 97.1 Å². The zero-order chi connectivity index (χ0) is 43.4. The number of benzene rings is 5. The molecule has 4 heteroatoms. The van der Waals surface area contributed by atoms with Gasteiger partial charge in [0.05, 0.1) is 0 Å². The summed E-state index contributed by atoms with van der Waals surface area (Å²) >= 11 is 0. The van der Waals surface area contributed by atoms with Crippen molar-refractivity contribution in [3.63, 3.8) is 0 Å². The third-order valence-corrected chi connectivity index (χ3v) is 16.8. The zero-order valence-corrected chi connectivity index (χ0v) is 38.0. The van der Waals surface area contributed by atoms with Gasteiger partial charge in [0, 0.05) is 10.8 Å². The van der Waals surface area contributed by atoms with Crippen LogP contribution in [0.25, 0.3) is 0 Å². The average molecular weight is 807 g/mol. The van der Waals surface area contributed by atoms with Crippen molar-refractivity contribution in [3.8, 4) is 23.0 Å². The van der Waals surface area contributed by atoms with E-state index in [1.54, 1.807) is 0 Å². The van der Waals surface area contributed by atoms with Gasteiger partial charge in [-0.25, -0.2) is 0 Å². The van der Waals surface area contributed by atoms with Crippen LogP contribution in [0.5, 0.6) is 23.0 Å². The van der Waals surface area contributed by atoms with Gasteiger partial charge < -0.3 is 20.4 Å². The summed E-state index contributed by atoms with van der Waals surface area (Å²) in [5, 5.41) is 42.1. The molecule has 2 saturated carbocycles. The summed E-state index contributed by atoms with van der Waals surface area (Å²) in [4.78, 5) is 0. The molecule has 4 nitrogen and oxygen atoms in total. The van der Waals surface area contributed by atoms with E-state index >= 15 is 0 Å². The van der Waals surface area contributed by atoms with E-state index in [4.69, 9.17) is 0 Å². The van der Waals surface area contributed by atoms with Crippen molar-refractivity contribution in [3.05, 3.63) is 153 Å². The van der Waals surface area contributed by atoms with E-state index in [9.17, 15) is 20.4 Å². The fourth-order valence-corrected chi connectivity index (χ4v) is 12.6. The van der Waals surface area contributed by atoms with Crippen LogP contribution in [0.1, 0.15) is 149 Å². The summed E-state index contributed by atoms with van der Waals surface area (Å²) in [6.07, 6.45) is 8.26. The van der Waals surface area contributed by atoms with Crippen LogP contribution < -0.4 is 0 Å². The molecule has 6 unspecified atom stereocenters. The van der Waals surface area contributed by atoms with Gasteiger partial charge in [-0.3, -0.25) is 0 Å². The lowest BCUT2D eigenvalue weighted by Crippen LogP contribution is -2.45. The summed E-state index contributed by atoms with van der Waals surface area (Å²) < 4.78 is 0. The predicted octanol–water partition coefficient (Wildman–Crippen LogP) is 13.9. The van der Waals surface area contributed by atoms with Crippen molar-refractivity contribution in [2.45, 2.75) is 142 Å². The predicted molar refractivity (Wildman–Crippen MR) is 248 cm³/mol. The Bertz CT molecular complexity index is 2090. The maximum Gasteiger partial charge on any atom is 0.118 e. The minimum atomic E-state index is -0.214. The van der Waals surface area contributed by atoms with Crippen molar-refractivity contribution < 1.29 is 20.4 Å². The first-order valence-corrected chi connectivity index (χ1v) is 22.7. The van der Waals surface area contributed by atoms with E-state index in [1.165, 1.54) is 33.4 Å². The van der Waals surface area contributed by atoms with E-state index in [2.05, 4.69) is 114 Å². The minimum Gasteiger partial charge on any atom is -0.508 e. The van der Waals surface area contributed by atoms with Crippen LogP contribution in [0.4, 0.5) is 0 Å². The summed E-state index contributed by atoms with van der Waals surface area (Å²) in [5.74, 6) is 3.12. The number of phenolic OH excluding ortho intramolecular Hbond substituents is 4. The quantitative estimate of drug-likeness (QED) is 0.113. The lowest BCUT2D eigenvalue weighted by Gasteiger charge is -2.52. The Balaban J connectivity index is 1.21. The second kappa shape index (κ2) is 16.3. The Morgan fingerprint density at radius 1 is 0.483 bits per heavy atom. The van der Waals surface area contributed by atoms with Gasteiger partial charge in [-0.15, -0.1) is 0 Å². The topological polar surface area (TPSA) is 80.9 Å². The van der Waals surface area contributed by atoms with Crippen LogP contribution in [-0.2, 0) is 21.7 Å². The van der Waals surface area contributed by atoms with Crippen molar-refractivity contribution in [1.82, 2.24) is 0 Å². The smallest absolute Gasteiger partial charge is 0.118 e. The molecule has 5 aromatic carbocycles. The Labute approximate surface area is 360 Å². The van der Waals surface area contributed by atoms with Crippen LogP contribution >= 0.6 is 0 Å². The SMILES string of the molecule is CCC(C)(c1cccc(C(C)(CC)C2CCC(c3ccc(O)c(C)c3)(c3ccc(O)c(C)c3)CC2C)c1)C1CCC(c2ccc(O)c(C)c2)(c2ccc(O)c(C)c2)CC1C. The van der Waals surface area contributed by atoms with Crippen molar-refractivity contribution in [1.29, 1.82) is 0 Å². The number of phenols is 4. The second-order valence-corrected chi connectivity index (χ2v) is 19.9. The molecule has 5 aromatic rings. The number of hydrogen-bond acceptors (Lipinski definition) is 4. The van der Waals surface area contributed by atoms with Crippen molar-refractivity contribution in [2.24, 2.45) is 23.7 Å². The molecule has 2 aliphatic rings. The minimum absolute atomic E-state index is 0.0211. The van der Waals surface area contributed by atoms with Gasteiger partial charge in [0.15, 0.2) is 0 Å². The van der Waals surface area contributed by atoms with Crippen LogP contribution in [0.2, 0.25) is 0 Å². The summed E-state index contributed by atoms with van der Waals surface area (Å²) in [6, 6.07) is 34.4. The molecular formula is C56H70O4. The van der Waals surface area contributed by atoms with Gasteiger partial charge >= 0.3 is 0 Å². The van der Waals surface area contributed by atoms with E-state index in [-0.39, 0.29) is 21.7 Å². The molecule has 6 atom stereocenters. The number of aryl methyl sites for hydroxylation is 4. The molecule has 0 spiro atoms. The maximum atomic E-state index is 10.5. The lowest BCUT2D eigenvalue weighted by atomic mass is 9.52. The molecule has 0 heterocycles. The first-order chi connectivity index (χ1) is 28.4. The molecule has 0 radical (unpaired) electrons. The zero-order valence-electron chi connectivity index (χ0n) is 38.0. The molecular weight excluding hydrogens is 737 g/mol. The fourth-order valence-electron chi connectivity index (χ4n) is 12.6. The van der Waals surface area contributed by atoms with Crippen molar-refractivity contribution >= 4 is 0 Å². The summed E-state index contributed by atoms with van der Waals surface area (Å²) in [5.41, 5.74) is 11.0. The normalized spacial score (nSPS) is 23.4. The molecule has 0 aromatic heterocycles. The van der Waals surface area contributed by atoms with E-state index in [1.807, 2.05) is 52.0 Å². The maximum absolute atomic E-state index is 10.5. The van der Waals surface area contributed by atoms with Gasteiger partial charge in [0.2, 0.25) is 0 Å². The summed E-state index contributed by atoms with van der Waals surface area (Å²) in [7, 11) is 0. The highest BCUT2D eigenvalue weighted by molar-refractivity contribution is 5.50. The third-order valence-electron chi connectivity index (χ3n) is 16.8. The Hall–Kier alpha value is -4.70. The standard InChI is InChI=1S/C56H70O4/c1-11-53(9,47-24-26-55(33-39(47)7,43-16-20-49(57)35(3)28-43)44-17-21-50(58)36(4)29-44)41-14-13-15-42(32-41)54(10,12-2)48-25-27-56(34-40(48)8,45-18-22-51(59)37(5)30-45)46-19-23-52(60)38(6)31-46/h13-23,28-32,39-40,47-48,57-60H,11-12,24-27,33-34H2,1-10H3. The molecule has 0 aliphatic heterocycles. The van der Waals surface area contributed by atoms with Gasteiger partial charge in [-0.1, -0.05) is 114 Å². The van der Waals surface area contributed by atoms with E-state index in [0.717, 1.165) is 73.6 Å². The molecule has 60 heavy (non-hydrogen) atoms. The molecule has 2 aliphatic carbocycles. The highest BCUT2D eigenvalue weighted by Crippen LogP contribution is 2.58. The first kappa shape index (κ1) is 43.4. The van der Waals surface area contributed by atoms with Crippen LogP contribution in [0, 0.1) is 51.4 Å². The monoisotopic (exact) mass is 807 g/mol. The lowest BCUT2D eigenvalue weighted by molar-refractivity contribution is 0.105. The van der Waals surface area contributed by atoms with Gasteiger partial charge in [-0.2, -0.15) is 0 Å². The highest BCUT2D eigenvalue weighted by atomic mass is 16.3. The number of hydrogen-bond donors (Lipinski definition) is 4. The van der Waals surface area contributed by atoms with Crippen LogP contribution in [-0.4, -0.2) is 20.4 Å². The molecule has 0 amide bonds. The Morgan fingerprint density at radius 3 is 1.03 bits per heavy atom. The fraction of sp³-hybridized carbons (Fsp3) is 0.464. The molecule has 4 N–H and O–H groups in total. The molecule has 318 valence electrons. The van der Waals surface area contributed by atoms with Gasteiger partial charge in [-0.05, 0) is 193 Å². The van der Waals surface area contributed by atoms with Gasteiger partial charge in [0.1, 0.15) is 23.0 Å². The van der Waals surface area contributed by atoms with E-state index in [0.29, 0.717) is 46.7 Å². The Morgan fingerprint density at radius 2 is 0.783 bits per heavy atom. The van der Waals surface area contributed by atoms with E-state index < -0.39 is 0 Å². The molecule has 0 saturated heterocycles. The number of aromatic hydroxyl groups is 4. The molecule has 2 fully saturated rings. The van der Waals surface area contributed by atoms with Crippen molar-refractivity contribution in [2.75, 3.05) is 0 Å². The molecule has 0 bridgehead atoms. The first-order valence-electron chi connectivity index (χ1n) is 22.7. The number of rotatable bonds is 10.